The largest absolute Gasteiger partial charge is 0.469 e. The van der Waals surface area contributed by atoms with Crippen molar-refractivity contribution >= 4 is 17.7 Å². The van der Waals surface area contributed by atoms with E-state index >= 15 is 0 Å². The van der Waals surface area contributed by atoms with Crippen molar-refractivity contribution in [1.82, 2.24) is 10.2 Å². The molecule has 1 aromatic heterocycles. The number of hydrogen-bond donors (Lipinski definition) is 3. The molecule has 10 aliphatic rings. The Balaban J connectivity index is 0.962. The number of Topliss-reactive ketones (excluding diaryl/α,β-unsaturated/α-hetero) is 1. The number of rotatable bonds is 5. The molecule has 11 rings (SSSR count). The Morgan fingerprint density at radius 1 is 1.04 bits per heavy atom. The van der Waals surface area contributed by atoms with E-state index in [4.69, 9.17) is 23.4 Å². The van der Waals surface area contributed by atoms with E-state index in [2.05, 4.69) is 29.4 Å². The van der Waals surface area contributed by atoms with Crippen LogP contribution in [0.5, 0.6) is 0 Å². The first-order valence-corrected chi connectivity index (χ1v) is 20.6. The number of epoxide rings is 1. The van der Waals surface area contributed by atoms with E-state index in [0.29, 0.717) is 55.2 Å². The van der Waals surface area contributed by atoms with Gasteiger partial charge in [-0.25, -0.2) is 4.79 Å². The van der Waals surface area contributed by atoms with Crippen LogP contribution in [0.25, 0.3) is 0 Å². The first kappa shape index (κ1) is 34.5. The molecule has 9 fully saturated rings. The number of carbonyl (C=O) groups is 3. The van der Waals surface area contributed by atoms with Crippen molar-refractivity contribution in [2.75, 3.05) is 26.4 Å². The van der Waals surface area contributed by atoms with Gasteiger partial charge >= 0.3 is 11.9 Å². The molecule has 292 valence electrons. The number of nitrogens with one attached hydrogen (secondary N) is 1. The monoisotopic (exact) mass is 746 g/mol. The molecule has 54 heavy (non-hydrogen) atoms. The highest BCUT2D eigenvalue weighted by atomic mass is 16.7. The Kier molecular flexibility index (Phi) is 7.02. The second-order valence-corrected chi connectivity index (χ2v) is 19.9. The number of cyclic esters (lactones) is 2. The molecule has 0 aromatic carbocycles. The second kappa shape index (κ2) is 11.0. The fourth-order valence-electron chi connectivity index (χ4n) is 15.7. The van der Waals surface area contributed by atoms with Gasteiger partial charge in [-0.1, -0.05) is 19.9 Å². The summed E-state index contributed by atoms with van der Waals surface area (Å²) in [5.41, 5.74) is -4.26. The Morgan fingerprint density at radius 3 is 2.69 bits per heavy atom. The van der Waals surface area contributed by atoms with Gasteiger partial charge in [-0.15, -0.1) is 0 Å². The van der Waals surface area contributed by atoms with Gasteiger partial charge in [0.15, 0.2) is 11.9 Å². The van der Waals surface area contributed by atoms with Crippen LogP contribution in [-0.2, 0) is 39.8 Å². The zero-order valence-electron chi connectivity index (χ0n) is 31.7. The Morgan fingerprint density at radius 2 is 1.87 bits per heavy atom. The lowest BCUT2D eigenvalue weighted by Crippen LogP contribution is -2.77. The Bertz CT molecular complexity index is 1840. The van der Waals surface area contributed by atoms with E-state index in [0.717, 1.165) is 38.0 Å². The van der Waals surface area contributed by atoms with Gasteiger partial charge in [0, 0.05) is 47.4 Å². The van der Waals surface area contributed by atoms with Gasteiger partial charge in [-0.3, -0.25) is 14.9 Å². The first-order valence-electron chi connectivity index (χ1n) is 20.6. The molecule has 12 nitrogen and oxygen atoms in total. The summed E-state index contributed by atoms with van der Waals surface area (Å²) in [5, 5.41) is 26.9. The molecule has 4 aliphatic carbocycles. The van der Waals surface area contributed by atoms with Gasteiger partial charge in [0.2, 0.25) is 0 Å². The molecule has 3 N–H and O–H groups in total. The molecule has 6 aliphatic heterocycles. The SMILES string of the molecule is CC1(C)O[C@H]2[C@@H]3CC[C@H]4C[C@@]5(C)[C@H](c6ccoc6C[C@H](CO)[C@H]6CC[C@H]7[C@H](C=CN8CNC[C@H]78)C6)OC(=O)[C@H]6O[C@]65[C@]5(C)[C@H](O)C(=O)[C@H]1[C@@]2(COC3=O)[C@@H]45. The van der Waals surface area contributed by atoms with Gasteiger partial charge in [0.05, 0.1) is 36.5 Å². The summed E-state index contributed by atoms with van der Waals surface area (Å²) in [6, 6.07) is 2.43. The highest BCUT2D eigenvalue weighted by Crippen LogP contribution is 2.82. The quantitative estimate of drug-likeness (QED) is 0.299. The molecule has 0 radical (unpaired) electrons. The lowest BCUT2D eigenvalue weighted by atomic mass is 9.34. The fourth-order valence-corrected chi connectivity index (χ4v) is 15.7. The second-order valence-electron chi connectivity index (χ2n) is 19.9. The van der Waals surface area contributed by atoms with Crippen LogP contribution < -0.4 is 5.32 Å². The summed E-state index contributed by atoms with van der Waals surface area (Å²) < 4.78 is 32.2. The van der Waals surface area contributed by atoms with Crippen LogP contribution in [0.15, 0.2) is 29.0 Å². The molecular weight excluding hydrogens is 692 g/mol. The smallest absolute Gasteiger partial charge is 0.339 e. The van der Waals surface area contributed by atoms with Crippen molar-refractivity contribution in [3.8, 4) is 0 Å². The van der Waals surface area contributed by atoms with Crippen LogP contribution in [0.4, 0.5) is 0 Å². The highest BCUT2D eigenvalue weighted by Gasteiger charge is 2.92. The minimum Gasteiger partial charge on any atom is -0.469 e. The number of nitrogens with zero attached hydrogens (tertiary/aromatic N) is 1. The summed E-state index contributed by atoms with van der Waals surface area (Å²) in [4.78, 5) is 44.7. The predicted molar refractivity (Wildman–Crippen MR) is 189 cm³/mol. The summed E-state index contributed by atoms with van der Waals surface area (Å²) in [6.45, 7) is 9.87. The minimum atomic E-state index is -1.42. The molecular formula is C42H54N2O10. The fraction of sp³-hybridized carbons (Fsp3) is 0.786. The lowest BCUT2D eigenvalue weighted by Gasteiger charge is -2.68. The van der Waals surface area contributed by atoms with E-state index in [1.807, 2.05) is 26.8 Å². The van der Waals surface area contributed by atoms with Gasteiger partial charge in [0.25, 0.3) is 0 Å². The molecule has 1 aromatic rings. The maximum absolute atomic E-state index is 14.8. The molecule has 2 bridgehead atoms. The molecule has 5 saturated heterocycles. The number of ether oxygens (including phenoxy) is 4. The average Bonchev–Trinajstić information content (AvgIpc) is 3.41. The zero-order valence-corrected chi connectivity index (χ0v) is 31.7. The third kappa shape index (κ3) is 3.91. The van der Waals surface area contributed by atoms with Crippen molar-refractivity contribution in [2.45, 2.75) is 114 Å². The van der Waals surface area contributed by atoms with Crippen LogP contribution in [0.2, 0.25) is 0 Å². The van der Waals surface area contributed by atoms with Gasteiger partial charge in [-0.2, -0.15) is 0 Å². The minimum absolute atomic E-state index is 0.0286. The lowest BCUT2D eigenvalue weighted by molar-refractivity contribution is -0.266. The van der Waals surface area contributed by atoms with Crippen LogP contribution in [0.3, 0.4) is 0 Å². The van der Waals surface area contributed by atoms with E-state index in [1.165, 1.54) is 0 Å². The van der Waals surface area contributed by atoms with Crippen molar-refractivity contribution in [2.24, 2.45) is 63.6 Å². The van der Waals surface area contributed by atoms with Crippen molar-refractivity contribution < 1.29 is 48.0 Å². The topological polar surface area (TPSA) is 160 Å². The number of esters is 2. The third-order valence-corrected chi connectivity index (χ3v) is 17.5. The van der Waals surface area contributed by atoms with Crippen molar-refractivity contribution in [1.29, 1.82) is 0 Å². The number of fused-ring (bicyclic) bond motifs is 3. The van der Waals surface area contributed by atoms with E-state index in [1.54, 1.807) is 6.26 Å². The number of carbonyl (C=O) groups excluding carboxylic acids is 3. The maximum atomic E-state index is 14.8. The summed E-state index contributed by atoms with van der Waals surface area (Å²) in [6.07, 6.45) is 8.15. The van der Waals surface area contributed by atoms with Gasteiger partial charge in [-0.05, 0) is 100 Å². The number of allylic oxidation sites excluding steroid dienone is 1. The number of ketones is 1. The van der Waals surface area contributed by atoms with Crippen molar-refractivity contribution in [3.05, 3.63) is 35.9 Å². The van der Waals surface area contributed by atoms with Crippen LogP contribution >= 0.6 is 0 Å². The van der Waals surface area contributed by atoms with E-state index in [-0.39, 0.29) is 42.7 Å². The molecule has 4 saturated carbocycles. The Hall–Kier alpha value is -2.77. The number of furan rings is 1. The van der Waals surface area contributed by atoms with E-state index < -0.39 is 69.7 Å². The number of aliphatic hydroxyl groups is 2. The maximum Gasteiger partial charge on any atom is 0.339 e. The third-order valence-electron chi connectivity index (χ3n) is 17.5. The molecule has 12 heteroatoms. The average molecular weight is 747 g/mol. The molecule has 2 spiro atoms. The first-order chi connectivity index (χ1) is 25.8. The van der Waals surface area contributed by atoms with Gasteiger partial charge in [0.1, 0.15) is 30.2 Å². The standard InChI is InChI=1S/C42H54N2O10/c1-38(2)31-29(46)32(47)40(4)30-22(6-8-26-34(53-38)41(30,31)18-51-36(26)48)15-39(3)33(52-37(49)35-42(39,40)54-35)25-10-12-50-28(25)14-23(17-45)20-5-7-24-21(13-20)9-11-44-19-43-16-27(24)44/h9-12,20-24,26-27,30-35,43,45,47H,5-8,13-19H2,1-4H3/t20-,21+,22-,23+,24-,26-,27+,30-,31+,32+,33-,34-,35+,39-,40-,41+,42+/m0/s1. The molecule has 0 unspecified atom stereocenters. The van der Waals surface area contributed by atoms with Crippen LogP contribution in [-0.4, -0.2) is 94.8 Å². The molecule has 7 heterocycles. The van der Waals surface area contributed by atoms with Gasteiger partial charge < -0.3 is 38.5 Å². The Labute approximate surface area is 315 Å². The number of aliphatic hydroxyl groups excluding tert-OH is 2. The summed E-state index contributed by atoms with van der Waals surface area (Å²) >= 11 is 0. The highest BCUT2D eigenvalue weighted by molar-refractivity contribution is 5.92. The molecule has 17 atom stereocenters. The molecule has 0 amide bonds. The van der Waals surface area contributed by atoms with Crippen molar-refractivity contribution in [3.63, 3.8) is 0 Å². The zero-order chi connectivity index (χ0) is 37.3. The van der Waals surface area contributed by atoms with Crippen LogP contribution in [0.1, 0.15) is 83.6 Å². The summed E-state index contributed by atoms with van der Waals surface area (Å²) in [7, 11) is 0. The number of hydrogen-bond acceptors (Lipinski definition) is 12. The predicted octanol–water partition coefficient (Wildman–Crippen LogP) is 3.30. The van der Waals surface area contributed by atoms with Crippen LogP contribution in [0, 0.1) is 63.6 Å². The summed E-state index contributed by atoms with van der Waals surface area (Å²) in [5.74, 6) is -0.563. The van der Waals surface area contributed by atoms with E-state index in [9.17, 15) is 24.6 Å². The normalized spacial score (nSPS) is 52.2.